The predicted molar refractivity (Wildman–Crippen MR) is 81.2 cm³/mol. The van der Waals surface area contributed by atoms with Crippen molar-refractivity contribution in [2.45, 2.75) is 84.3 Å². The number of aliphatic hydroxyl groups is 1. The minimum absolute atomic E-state index is 0.0581. The predicted octanol–water partition coefficient (Wildman–Crippen LogP) is 3.83. The highest BCUT2D eigenvalue weighted by atomic mass is 16.3. The van der Waals surface area contributed by atoms with E-state index in [2.05, 4.69) is 25.7 Å². The fourth-order valence-corrected chi connectivity index (χ4v) is 4.17. The molecule has 2 aliphatic rings. The van der Waals surface area contributed by atoms with Crippen LogP contribution in [0.4, 0.5) is 0 Å². The van der Waals surface area contributed by atoms with Crippen molar-refractivity contribution in [2.75, 3.05) is 13.1 Å². The minimum Gasteiger partial charge on any atom is -0.393 e. The smallest absolute Gasteiger partial charge is 0.0581 e. The van der Waals surface area contributed by atoms with Gasteiger partial charge in [-0.1, -0.05) is 33.6 Å². The van der Waals surface area contributed by atoms with Gasteiger partial charge in [-0.15, -0.1) is 0 Å². The van der Waals surface area contributed by atoms with E-state index in [-0.39, 0.29) is 6.10 Å². The van der Waals surface area contributed by atoms with Crippen molar-refractivity contribution < 1.29 is 5.11 Å². The van der Waals surface area contributed by atoms with Crippen molar-refractivity contribution in [1.29, 1.82) is 0 Å². The SMILES string of the molecule is CCCC1CCCCN1CC1CC(C)(C)CCC1O. The van der Waals surface area contributed by atoms with Crippen molar-refractivity contribution in [2.24, 2.45) is 11.3 Å². The van der Waals surface area contributed by atoms with Crippen LogP contribution >= 0.6 is 0 Å². The van der Waals surface area contributed by atoms with E-state index in [1.807, 2.05) is 0 Å². The molecule has 2 heteroatoms. The second-order valence-electron chi connectivity index (χ2n) is 7.67. The Labute approximate surface area is 119 Å². The van der Waals surface area contributed by atoms with Gasteiger partial charge in [0.25, 0.3) is 0 Å². The Morgan fingerprint density at radius 1 is 1.21 bits per heavy atom. The van der Waals surface area contributed by atoms with Crippen LogP contribution in [0.1, 0.15) is 72.1 Å². The molecule has 0 spiro atoms. The zero-order valence-electron chi connectivity index (χ0n) is 13.2. The van der Waals surface area contributed by atoms with Gasteiger partial charge in [-0.3, -0.25) is 0 Å². The molecule has 112 valence electrons. The second-order valence-corrected chi connectivity index (χ2v) is 7.67. The van der Waals surface area contributed by atoms with E-state index >= 15 is 0 Å². The highest BCUT2D eigenvalue weighted by molar-refractivity contribution is 4.88. The zero-order valence-corrected chi connectivity index (χ0v) is 13.2. The summed E-state index contributed by atoms with van der Waals surface area (Å²) in [5, 5.41) is 10.3. The summed E-state index contributed by atoms with van der Waals surface area (Å²) < 4.78 is 0. The number of rotatable bonds is 4. The maximum Gasteiger partial charge on any atom is 0.0581 e. The number of hydrogen-bond donors (Lipinski definition) is 1. The largest absolute Gasteiger partial charge is 0.393 e. The molecule has 0 aromatic heterocycles. The molecule has 1 saturated heterocycles. The van der Waals surface area contributed by atoms with Crippen molar-refractivity contribution in [3.63, 3.8) is 0 Å². The maximum atomic E-state index is 10.3. The van der Waals surface area contributed by atoms with Gasteiger partial charge in [0.15, 0.2) is 0 Å². The molecule has 2 fully saturated rings. The Balaban J connectivity index is 1.93. The first-order valence-electron chi connectivity index (χ1n) is 8.44. The monoisotopic (exact) mass is 267 g/mol. The molecular formula is C17H33NO. The first-order valence-corrected chi connectivity index (χ1v) is 8.44. The van der Waals surface area contributed by atoms with Crippen LogP contribution < -0.4 is 0 Å². The molecule has 0 aromatic carbocycles. The van der Waals surface area contributed by atoms with Crippen molar-refractivity contribution >= 4 is 0 Å². The summed E-state index contributed by atoms with van der Waals surface area (Å²) in [6.07, 6.45) is 10.1. The third kappa shape index (κ3) is 4.19. The van der Waals surface area contributed by atoms with E-state index in [0.717, 1.165) is 19.0 Å². The van der Waals surface area contributed by atoms with Gasteiger partial charge in [-0.2, -0.15) is 0 Å². The fourth-order valence-electron chi connectivity index (χ4n) is 4.17. The van der Waals surface area contributed by atoms with Crippen LogP contribution in [-0.4, -0.2) is 35.2 Å². The Bertz CT molecular complexity index is 274. The zero-order chi connectivity index (χ0) is 13.9. The molecule has 3 atom stereocenters. The summed E-state index contributed by atoms with van der Waals surface area (Å²) in [6, 6.07) is 0.788. The van der Waals surface area contributed by atoms with E-state index in [4.69, 9.17) is 0 Å². The van der Waals surface area contributed by atoms with Crippen LogP contribution in [0.2, 0.25) is 0 Å². The Morgan fingerprint density at radius 2 is 2.00 bits per heavy atom. The number of nitrogens with zero attached hydrogens (tertiary/aromatic N) is 1. The molecule has 2 nitrogen and oxygen atoms in total. The van der Waals surface area contributed by atoms with Crippen molar-refractivity contribution in [3.8, 4) is 0 Å². The summed E-state index contributed by atoms with van der Waals surface area (Å²) in [7, 11) is 0. The Morgan fingerprint density at radius 3 is 2.74 bits per heavy atom. The lowest BCUT2D eigenvalue weighted by Gasteiger charge is -2.44. The molecule has 1 heterocycles. The molecule has 0 bridgehead atoms. The fraction of sp³-hybridized carbons (Fsp3) is 1.00. The Hall–Kier alpha value is -0.0800. The van der Waals surface area contributed by atoms with E-state index in [1.54, 1.807) is 0 Å². The van der Waals surface area contributed by atoms with E-state index in [9.17, 15) is 5.11 Å². The van der Waals surface area contributed by atoms with Crippen molar-refractivity contribution in [1.82, 2.24) is 4.90 Å². The van der Waals surface area contributed by atoms with E-state index in [1.165, 1.54) is 51.5 Å². The topological polar surface area (TPSA) is 23.5 Å². The molecule has 19 heavy (non-hydrogen) atoms. The lowest BCUT2D eigenvalue weighted by molar-refractivity contribution is -0.00879. The van der Waals surface area contributed by atoms with Gasteiger partial charge in [0, 0.05) is 12.6 Å². The standard InChI is InChI=1S/C17H33NO/c1-4-7-15-8-5-6-11-18(15)13-14-12-17(2,3)10-9-16(14)19/h14-16,19H,4-13H2,1-3H3. The van der Waals surface area contributed by atoms with E-state index < -0.39 is 0 Å². The van der Waals surface area contributed by atoms with Gasteiger partial charge in [0.05, 0.1) is 6.10 Å². The summed E-state index contributed by atoms with van der Waals surface area (Å²) in [4.78, 5) is 2.70. The number of aliphatic hydroxyl groups excluding tert-OH is 1. The van der Waals surface area contributed by atoms with Gasteiger partial charge in [0.1, 0.15) is 0 Å². The second kappa shape index (κ2) is 6.58. The number of piperidine rings is 1. The highest BCUT2D eigenvalue weighted by Crippen LogP contribution is 2.39. The van der Waals surface area contributed by atoms with Crippen LogP contribution in [0.5, 0.6) is 0 Å². The molecule has 0 aromatic rings. The summed E-state index contributed by atoms with van der Waals surface area (Å²) in [5.41, 5.74) is 0.430. The third-order valence-corrected chi connectivity index (χ3v) is 5.32. The van der Waals surface area contributed by atoms with E-state index in [0.29, 0.717) is 11.3 Å². The first-order chi connectivity index (χ1) is 9.02. The van der Waals surface area contributed by atoms with Crippen LogP contribution in [0.3, 0.4) is 0 Å². The van der Waals surface area contributed by atoms with Crippen LogP contribution in [-0.2, 0) is 0 Å². The molecule has 1 aliphatic carbocycles. The number of hydrogen-bond acceptors (Lipinski definition) is 2. The molecule has 2 rings (SSSR count). The molecule has 1 N–H and O–H groups in total. The summed E-state index contributed by atoms with van der Waals surface area (Å²) in [6.45, 7) is 9.42. The maximum absolute atomic E-state index is 10.3. The quantitative estimate of drug-likeness (QED) is 0.837. The third-order valence-electron chi connectivity index (χ3n) is 5.32. The van der Waals surface area contributed by atoms with Gasteiger partial charge < -0.3 is 10.0 Å². The molecule has 1 saturated carbocycles. The summed E-state index contributed by atoms with van der Waals surface area (Å²) in [5.74, 6) is 0.501. The van der Waals surface area contributed by atoms with Crippen LogP contribution in [0.25, 0.3) is 0 Å². The molecule has 0 radical (unpaired) electrons. The molecule has 3 unspecified atom stereocenters. The van der Waals surface area contributed by atoms with Gasteiger partial charge >= 0.3 is 0 Å². The van der Waals surface area contributed by atoms with Crippen LogP contribution in [0, 0.1) is 11.3 Å². The molecule has 0 amide bonds. The van der Waals surface area contributed by atoms with Gasteiger partial charge in [-0.05, 0) is 56.4 Å². The number of likely N-dealkylation sites (tertiary alicyclic amines) is 1. The first kappa shape index (κ1) is 15.3. The van der Waals surface area contributed by atoms with Crippen LogP contribution in [0.15, 0.2) is 0 Å². The molecule has 1 aliphatic heterocycles. The lowest BCUT2D eigenvalue weighted by Crippen LogP contribution is -2.46. The van der Waals surface area contributed by atoms with Crippen molar-refractivity contribution in [3.05, 3.63) is 0 Å². The Kier molecular flexibility index (Phi) is 5.30. The highest BCUT2D eigenvalue weighted by Gasteiger charge is 2.36. The molecular weight excluding hydrogens is 234 g/mol. The average Bonchev–Trinajstić information content (AvgIpc) is 2.36. The average molecular weight is 267 g/mol. The minimum atomic E-state index is -0.0581. The van der Waals surface area contributed by atoms with Gasteiger partial charge in [0.2, 0.25) is 0 Å². The summed E-state index contributed by atoms with van der Waals surface area (Å²) >= 11 is 0. The normalized spacial score (nSPS) is 36.3. The van der Waals surface area contributed by atoms with Gasteiger partial charge in [-0.25, -0.2) is 0 Å². The lowest BCUT2D eigenvalue weighted by atomic mass is 9.70.